The van der Waals surface area contributed by atoms with Gasteiger partial charge in [-0.3, -0.25) is 24.2 Å². The van der Waals surface area contributed by atoms with Gasteiger partial charge in [0.25, 0.3) is 12.3 Å². The number of benzene rings is 1. The van der Waals surface area contributed by atoms with Crippen molar-refractivity contribution in [2.75, 3.05) is 16.8 Å². The van der Waals surface area contributed by atoms with E-state index in [0.29, 0.717) is 29.0 Å². The van der Waals surface area contributed by atoms with E-state index >= 15 is 0 Å². The largest absolute Gasteiger partial charge is 0.318 e. The molecule has 0 unspecified atom stereocenters. The Labute approximate surface area is 247 Å². The van der Waals surface area contributed by atoms with Crippen molar-refractivity contribution in [1.82, 2.24) is 24.7 Å². The summed E-state index contributed by atoms with van der Waals surface area (Å²) in [5.41, 5.74) is -0.340. The molecule has 9 nitrogen and oxygen atoms in total. The number of fused-ring (bicyclic) bond motifs is 1. The van der Waals surface area contributed by atoms with Crippen LogP contribution in [-0.4, -0.2) is 43.1 Å². The number of alkyl halides is 2. The summed E-state index contributed by atoms with van der Waals surface area (Å²) in [7, 11) is 0. The van der Waals surface area contributed by atoms with Crippen LogP contribution in [0.3, 0.4) is 0 Å². The molecule has 4 aromatic rings. The van der Waals surface area contributed by atoms with E-state index in [1.807, 2.05) is 6.92 Å². The van der Waals surface area contributed by atoms with Gasteiger partial charge in [0, 0.05) is 36.0 Å². The molecule has 216 valence electrons. The van der Waals surface area contributed by atoms with Gasteiger partial charge in [-0.25, -0.2) is 23.1 Å². The molecule has 1 aliphatic carbocycles. The van der Waals surface area contributed by atoms with Crippen molar-refractivity contribution >= 4 is 46.5 Å². The highest BCUT2D eigenvalue weighted by atomic mass is 35.5. The molecule has 3 atom stereocenters. The van der Waals surface area contributed by atoms with Crippen LogP contribution in [0.1, 0.15) is 53.1 Å². The number of carbonyl (C=O) groups is 2. The second kappa shape index (κ2) is 10.7. The van der Waals surface area contributed by atoms with E-state index in [9.17, 15) is 22.8 Å². The summed E-state index contributed by atoms with van der Waals surface area (Å²) in [5.74, 6) is -0.810. The number of rotatable bonds is 7. The van der Waals surface area contributed by atoms with Gasteiger partial charge in [0.2, 0.25) is 5.91 Å². The van der Waals surface area contributed by atoms with E-state index in [-0.39, 0.29) is 40.0 Å². The maximum absolute atomic E-state index is 14.8. The zero-order valence-electron chi connectivity index (χ0n) is 22.2. The predicted molar refractivity (Wildman–Crippen MR) is 149 cm³/mol. The Bertz CT molecular complexity index is 1750. The minimum atomic E-state index is -3.01. The van der Waals surface area contributed by atoms with Crippen LogP contribution < -0.4 is 10.2 Å². The van der Waals surface area contributed by atoms with E-state index in [1.165, 1.54) is 13.1 Å². The van der Waals surface area contributed by atoms with Crippen molar-refractivity contribution in [2.24, 2.45) is 11.8 Å². The number of nitrogens with zero attached hydrogens (tertiary/aromatic N) is 6. The molecule has 2 fully saturated rings. The van der Waals surface area contributed by atoms with Crippen molar-refractivity contribution in [1.29, 1.82) is 0 Å². The van der Waals surface area contributed by atoms with Gasteiger partial charge in [0.1, 0.15) is 5.69 Å². The molecule has 4 heterocycles. The number of aryl methyl sites for hydroxylation is 1. The Morgan fingerprint density at radius 3 is 2.62 bits per heavy atom. The third-order valence-corrected chi connectivity index (χ3v) is 8.12. The fourth-order valence-corrected chi connectivity index (χ4v) is 5.52. The Hall–Kier alpha value is -4.03. The summed E-state index contributed by atoms with van der Waals surface area (Å²) in [4.78, 5) is 39.9. The molecule has 1 saturated carbocycles. The van der Waals surface area contributed by atoms with Crippen LogP contribution in [0.2, 0.25) is 10.0 Å². The zero-order chi connectivity index (χ0) is 29.9. The Morgan fingerprint density at radius 2 is 1.93 bits per heavy atom. The number of piperidine rings is 1. The molecule has 0 radical (unpaired) electrons. The summed E-state index contributed by atoms with van der Waals surface area (Å²) in [6.45, 7) is 4.00. The first kappa shape index (κ1) is 28.1. The van der Waals surface area contributed by atoms with Crippen molar-refractivity contribution in [2.45, 2.75) is 32.7 Å². The van der Waals surface area contributed by atoms with E-state index in [0.717, 1.165) is 30.3 Å². The van der Waals surface area contributed by atoms with Gasteiger partial charge in [-0.15, -0.1) is 0 Å². The molecule has 3 aromatic heterocycles. The van der Waals surface area contributed by atoms with Gasteiger partial charge in [0.15, 0.2) is 11.6 Å². The van der Waals surface area contributed by atoms with Gasteiger partial charge >= 0.3 is 0 Å². The van der Waals surface area contributed by atoms with Gasteiger partial charge in [0.05, 0.1) is 45.6 Å². The molecule has 6 rings (SSSR count). The molecule has 1 saturated heterocycles. The monoisotopic (exact) mass is 615 g/mol. The number of halogens is 5. The first-order chi connectivity index (χ1) is 20.0. The van der Waals surface area contributed by atoms with Crippen molar-refractivity contribution in [3.05, 3.63) is 81.4 Å². The molecule has 0 bridgehead atoms. The average Bonchev–Trinajstić information content (AvgIpc) is 3.46. The lowest BCUT2D eigenvalue weighted by Crippen LogP contribution is -2.29. The highest BCUT2D eigenvalue weighted by molar-refractivity contribution is 6.33. The van der Waals surface area contributed by atoms with E-state index in [2.05, 4.69) is 25.4 Å². The third kappa shape index (κ3) is 4.98. The molecule has 14 heteroatoms. The van der Waals surface area contributed by atoms with Crippen LogP contribution >= 0.6 is 23.2 Å². The van der Waals surface area contributed by atoms with Crippen LogP contribution in [0.5, 0.6) is 0 Å². The van der Waals surface area contributed by atoms with Gasteiger partial charge in [-0.1, -0.05) is 29.3 Å². The summed E-state index contributed by atoms with van der Waals surface area (Å²) in [6.07, 6.45) is 3.67. The number of hydrogen-bond acceptors (Lipinski definition) is 6. The summed E-state index contributed by atoms with van der Waals surface area (Å²) >= 11 is 12.3. The molecular weight excluding hydrogens is 594 g/mol. The minimum Gasteiger partial charge on any atom is -0.318 e. The maximum atomic E-state index is 14.8. The quantitative estimate of drug-likeness (QED) is 0.263. The topological polar surface area (TPSA) is 106 Å². The molecule has 2 amide bonds. The fraction of sp³-hybridized carbons (Fsp3) is 0.286. The number of amides is 2. The second-order valence-corrected chi connectivity index (χ2v) is 11.1. The smallest absolute Gasteiger partial charge is 0.276 e. The van der Waals surface area contributed by atoms with Crippen molar-refractivity contribution in [3.8, 4) is 11.3 Å². The normalized spacial score (nSPS) is 18.4. The lowest BCUT2D eigenvalue weighted by Gasteiger charge is -2.20. The molecule has 1 N–H and O–H groups in total. The summed E-state index contributed by atoms with van der Waals surface area (Å²) in [5, 5.41) is 6.97. The lowest BCUT2D eigenvalue weighted by atomic mass is 10.0. The second-order valence-electron chi connectivity index (χ2n) is 10.3. The van der Waals surface area contributed by atoms with Crippen molar-refractivity contribution in [3.63, 3.8) is 0 Å². The molecule has 2 aliphatic rings. The van der Waals surface area contributed by atoms with Crippen molar-refractivity contribution < 1.29 is 22.8 Å². The van der Waals surface area contributed by atoms with Crippen LogP contribution in [0.15, 0.2) is 43.0 Å². The first-order valence-electron chi connectivity index (χ1n) is 13.0. The van der Waals surface area contributed by atoms with Crippen LogP contribution in [0.4, 0.5) is 24.7 Å². The number of hydrogen-bond donors (Lipinski definition) is 1. The summed E-state index contributed by atoms with van der Waals surface area (Å²) < 4.78 is 43.6. The van der Waals surface area contributed by atoms with Gasteiger partial charge < -0.3 is 5.32 Å². The predicted octanol–water partition coefficient (Wildman–Crippen LogP) is 6.27. The first-order valence-corrected chi connectivity index (χ1v) is 13.7. The summed E-state index contributed by atoms with van der Waals surface area (Å²) in [6, 6.07) is 3.44. The van der Waals surface area contributed by atoms with Gasteiger partial charge in [-0.2, -0.15) is 5.10 Å². The number of nitrogens with one attached hydrogen (secondary N) is 1. The van der Waals surface area contributed by atoms with Crippen LogP contribution in [0, 0.1) is 24.6 Å². The number of anilines is 2. The SMILES string of the molecule is Cc1ncc(-c2c(C(F)F)ccc(Cl)c2F)nc1C(=O)Nc1cnn([C@@H](C)c2cnc(N3C[C@H]4C[C@H]4C3=O)c(Cl)c2)c1. The van der Waals surface area contributed by atoms with E-state index < -0.39 is 29.3 Å². The molecular formula is C28H22Cl2F3N7O2. The number of carbonyl (C=O) groups excluding carboxylic acids is 2. The maximum Gasteiger partial charge on any atom is 0.276 e. The van der Waals surface area contributed by atoms with E-state index in [4.69, 9.17) is 23.2 Å². The Kier molecular flexibility index (Phi) is 7.14. The van der Waals surface area contributed by atoms with Crippen LogP contribution in [-0.2, 0) is 4.79 Å². The Balaban J connectivity index is 1.20. The average molecular weight is 616 g/mol. The highest BCUT2D eigenvalue weighted by Crippen LogP contribution is 2.48. The molecule has 0 spiro atoms. The van der Waals surface area contributed by atoms with Crippen LogP contribution in [0.25, 0.3) is 11.3 Å². The van der Waals surface area contributed by atoms with Gasteiger partial charge in [-0.05, 0) is 43.9 Å². The zero-order valence-corrected chi connectivity index (χ0v) is 23.7. The third-order valence-electron chi connectivity index (χ3n) is 7.55. The van der Waals surface area contributed by atoms with E-state index in [1.54, 1.807) is 28.0 Å². The fourth-order valence-electron chi connectivity index (χ4n) is 5.09. The molecule has 1 aromatic carbocycles. The number of aromatic nitrogens is 5. The molecule has 1 aliphatic heterocycles. The Morgan fingerprint density at radius 1 is 1.14 bits per heavy atom. The molecule has 42 heavy (non-hydrogen) atoms. The minimum absolute atomic E-state index is 0.0558. The standard InChI is InChI=1S/C28H22Cl2F3N7O2/c1-12-24(38-21(9-34-12)22-17(25(32)33)3-4-19(29)23(22)31)27(41)37-16-8-36-40(11-16)13(2)14-6-20(30)26(35-7-14)39-10-15-5-18(15)28(39)42/h3-4,6-9,11,13,15,18,25H,5,10H2,1-2H3,(H,37,41)/t13-,15+,18+/m0/s1. The lowest BCUT2D eigenvalue weighted by molar-refractivity contribution is -0.118. The highest BCUT2D eigenvalue weighted by Gasteiger charge is 2.53. The number of pyridine rings is 1.